The van der Waals surface area contributed by atoms with Crippen LogP contribution in [0.1, 0.15) is 30.9 Å². The van der Waals surface area contributed by atoms with Crippen LogP contribution in [0.15, 0.2) is 35.1 Å². The number of rotatable bonds is 3. The van der Waals surface area contributed by atoms with E-state index in [2.05, 4.69) is 9.97 Å². The third-order valence-corrected chi connectivity index (χ3v) is 3.36. The largest absolute Gasteiger partial charge is 0.310 e. The minimum atomic E-state index is -0.533. The van der Waals surface area contributed by atoms with E-state index in [-0.39, 0.29) is 17.3 Å². The molecule has 1 N–H and O–H groups in total. The molecule has 1 aromatic carbocycles. The van der Waals surface area contributed by atoms with Gasteiger partial charge in [0, 0.05) is 11.5 Å². The van der Waals surface area contributed by atoms with Crippen molar-refractivity contribution in [3.8, 4) is 0 Å². The second-order valence-corrected chi connectivity index (χ2v) is 5.12. The lowest BCUT2D eigenvalue weighted by atomic mass is 9.83. The van der Waals surface area contributed by atoms with Gasteiger partial charge >= 0.3 is 0 Å². The number of nitrogens with zero attached hydrogens (tertiary/aromatic N) is 1. The summed E-state index contributed by atoms with van der Waals surface area (Å²) in [7, 11) is 0. The summed E-state index contributed by atoms with van der Waals surface area (Å²) >= 11 is 5.72. The highest BCUT2D eigenvalue weighted by Gasteiger charge is 2.26. The van der Waals surface area contributed by atoms with E-state index in [1.807, 2.05) is 13.8 Å². The quantitative estimate of drug-likeness (QED) is 0.879. The highest BCUT2D eigenvalue weighted by molar-refractivity contribution is 6.16. The number of hydrogen-bond acceptors (Lipinski definition) is 2. The SMILES string of the molecule is CC(C)(c1ccc(F)cc1)c1nc(CCl)cc(=O)[nH]1. The molecule has 0 saturated carbocycles. The molecule has 0 fully saturated rings. The maximum Gasteiger partial charge on any atom is 0.251 e. The fourth-order valence-corrected chi connectivity index (χ4v) is 2.01. The summed E-state index contributed by atoms with van der Waals surface area (Å²) < 4.78 is 13.0. The molecule has 19 heavy (non-hydrogen) atoms. The number of hydrogen-bond donors (Lipinski definition) is 1. The van der Waals surface area contributed by atoms with Crippen LogP contribution in [0.2, 0.25) is 0 Å². The number of halogens is 2. The topological polar surface area (TPSA) is 45.8 Å². The Hall–Kier alpha value is -1.68. The van der Waals surface area contributed by atoms with Crippen LogP contribution in [0.3, 0.4) is 0 Å². The Morgan fingerprint density at radius 1 is 1.32 bits per heavy atom. The lowest BCUT2D eigenvalue weighted by Crippen LogP contribution is -2.26. The molecule has 0 aliphatic carbocycles. The van der Waals surface area contributed by atoms with Gasteiger partial charge in [-0.2, -0.15) is 0 Å². The first-order valence-electron chi connectivity index (χ1n) is 5.86. The van der Waals surface area contributed by atoms with Crippen LogP contribution >= 0.6 is 11.6 Å². The number of aromatic nitrogens is 2. The van der Waals surface area contributed by atoms with Crippen molar-refractivity contribution in [1.82, 2.24) is 9.97 Å². The normalized spacial score (nSPS) is 11.6. The molecule has 0 atom stereocenters. The van der Waals surface area contributed by atoms with Crippen molar-refractivity contribution in [2.45, 2.75) is 25.1 Å². The van der Waals surface area contributed by atoms with E-state index in [0.29, 0.717) is 11.5 Å². The summed E-state index contributed by atoms with van der Waals surface area (Å²) in [4.78, 5) is 18.6. The summed E-state index contributed by atoms with van der Waals surface area (Å²) in [6.07, 6.45) is 0. The molecule has 0 aliphatic heterocycles. The molecule has 1 heterocycles. The van der Waals surface area contributed by atoms with Gasteiger partial charge in [0.05, 0.1) is 11.6 Å². The monoisotopic (exact) mass is 280 g/mol. The zero-order valence-electron chi connectivity index (χ0n) is 10.7. The molecule has 5 heteroatoms. The zero-order chi connectivity index (χ0) is 14.0. The van der Waals surface area contributed by atoms with Crippen LogP contribution in [0.5, 0.6) is 0 Å². The van der Waals surface area contributed by atoms with Crippen LogP contribution in [0.4, 0.5) is 4.39 Å². The maximum atomic E-state index is 13.0. The minimum absolute atomic E-state index is 0.177. The molecule has 0 unspecified atom stereocenters. The van der Waals surface area contributed by atoms with Gasteiger partial charge in [0.1, 0.15) is 11.6 Å². The van der Waals surface area contributed by atoms with Gasteiger partial charge in [0.15, 0.2) is 0 Å². The van der Waals surface area contributed by atoms with E-state index in [9.17, 15) is 9.18 Å². The Kier molecular flexibility index (Phi) is 3.71. The van der Waals surface area contributed by atoms with Gasteiger partial charge < -0.3 is 4.98 Å². The van der Waals surface area contributed by atoms with E-state index >= 15 is 0 Å². The number of aromatic amines is 1. The van der Waals surface area contributed by atoms with Crippen LogP contribution in [0.25, 0.3) is 0 Å². The van der Waals surface area contributed by atoms with Crippen molar-refractivity contribution >= 4 is 11.6 Å². The lowest BCUT2D eigenvalue weighted by Gasteiger charge is -2.24. The van der Waals surface area contributed by atoms with Crippen molar-refractivity contribution in [2.75, 3.05) is 0 Å². The Balaban J connectivity index is 2.52. The minimum Gasteiger partial charge on any atom is -0.310 e. The Morgan fingerprint density at radius 2 is 1.95 bits per heavy atom. The maximum absolute atomic E-state index is 13.0. The molecule has 1 aromatic heterocycles. The van der Waals surface area contributed by atoms with Crippen LogP contribution < -0.4 is 5.56 Å². The first-order valence-corrected chi connectivity index (χ1v) is 6.39. The predicted octanol–water partition coefficient (Wildman–Crippen LogP) is 2.97. The number of alkyl halides is 1. The van der Waals surface area contributed by atoms with Gasteiger partial charge in [-0.25, -0.2) is 9.37 Å². The first-order chi connectivity index (χ1) is 8.93. The molecule has 2 aromatic rings. The van der Waals surface area contributed by atoms with Gasteiger partial charge in [-0.15, -0.1) is 11.6 Å². The predicted molar refractivity (Wildman–Crippen MR) is 72.9 cm³/mol. The van der Waals surface area contributed by atoms with E-state index in [0.717, 1.165) is 5.56 Å². The number of nitrogens with one attached hydrogen (secondary N) is 1. The van der Waals surface area contributed by atoms with Crippen LogP contribution in [-0.2, 0) is 11.3 Å². The second-order valence-electron chi connectivity index (χ2n) is 4.85. The van der Waals surface area contributed by atoms with Crippen molar-refractivity contribution in [3.63, 3.8) is 0 Å². The van der Waals surface area contributed by atoms with Gasteiger partial charge in [-0.3, -0.25) is 4.79 Å². The molecule has 0 radical (unpaired) electrons. The molecule has 0 bridgehead atoms. The van der Waals surface area contributed by atoms with Crippen LogP contribution in [-0.4, -0.2) is 9.97 Å². The van der Waals surface area contributed by atoms with Crippen molar-refractivity contribution < 1.29 is 4.39 Å². The van der Waals surface area contributed by atoms with Crippen molar-refractivity contribution in [2.24, 2.45) is 0 Å². The smallest absolute Gasteiger partial charge is 0.251 e. The molecule has 0 amide bonds. The highest BCUT2D eigenvalue weighted by atomic mass is 35.5. The number of H-pyrrole nitrogens is 1. The van der Waals surface area contributed by atoms with Crippen molar-refractivity contribution in [3.05, 3.63) is 63.6 Å². The summed E-state index contributed by atoms with van der Waals surface area (Å²) in [6, 6.07) is 7.52. The molecule has 100 valence electrons. The summed E-state index contributed by atoms with van der Waals surface area (Å²) in [6.45, 7) is 3.83. The van der Waals surface area contributed by atoms with Crippen LogP contribution in [0, 0.1) is 5.82 Å². The molecular weight excluding hydrogens is 267 g/mol. The Bertz CT molecular complexity index is 635. The fourth-order valence-electron chi connectivity index (χ4n) is 1.88. The number of benzene rings is 1. The molecule has 3 nitrogen and oxygen atoms in total. The summed E-state index contributed by atoms with van der Waals surface area (Å²) in [5.41, 5.74) is 0.616. The van der Waals surface area contributed by atoms with Gasteiger partial charge in [0.2, 0.25) is 0 Å². The third kappa shape index (κ3) is 2.84. The van der Waals surface area contributed by atoms with E-state index in [1.165, 1.54) is 18.2 Å². The third-order valence-electron chi connectivity index (χ3n) is 3.09. The van der Waals surface area contributed by atoms with E-state index in [4.69, 9.17) is 11.6 Å². The average molecular weight is 281 g/mol. The zero-order valence-corrected chi connectivity index (χ0v) is 11.5. The molecule has 0 saturated heterocycles. The van der Waals surface area contributed by atoms with Gasteiger partial charge in [-0.05, 0) is 31.5 Å². The highest BCUT2D eigenvalue weighted by Crippen LogP contribution is 2.28. The molecule has 0 spiro atoms. The lowest BCUT2D eigenvalue weighted by molar-refractivity contribution is 0.577. The molecule has 0 aliphatic rings. The van der Waals surface area contributed by atoms with Gasteiger partial charge in [-0.1, -0.05) is 12.1 Å². The average Bonchev–Trinajstić information content (AvgIpc) is 2.38. The fraction of sp³-hybridized carbons (Fsp3) is 0.286. The molecular formula is C14H14ClFN2O. The van der Waals surface area contributed by atoms with Gasteiger partial charge in [0.25, 0.3) is 5.56 Å². The summed E-state index contributed by atoms with van der Waals surface area (Å²) in [5, 5.41) is 0. The first kappa shape index (κ1) is 13.7. The second kappa shape index (κ2) is 5.13. The Morgan fingerprint density at radius 3 is 2.53 bits per heavy atom. The van der Waals surface area contributed by atoms with E-state index in [1.54, 1.807) is 12.1 Å². The standard InChI is InChI=1S/C14H14ClFN2O/c1-14(2,9-3-5-10(16)6-4-9)13-17-11(8-15)7-12(19)18-13/h3-7H,8H2,1-2H3,(H,17,18,19). The molecule has 2 rings (SSSR count). The van der Waals surface area contributed by atoms with Crippen molar-refractivity contribution in [1.29, 1.82) is 0 Å². The Labute approximate surface area is 115 Å². The van der Waals surface area contributed by atoms with E-state index < -0.39 is 5.41 Å². The summed E-state index contributed by atoms with van der Waals surface area (Å²) in [5.74, 6) is 0.397.